The third-order valence-corrected chi connectivity index (χ3v) is 2.84. The third-order valence-electron chi connectivity index (χ3n) is 2.84. The number of carboxylic acids is 2. The normalized spacial score (nSPS) is 9.75. The first-order chi connectivity index (χ1) is 9.52. The van der Waals surface area contributed by atoms with Crippen LogP contribution < -0.4 is 0 Å². The van der Waals surface area contributed by atoms with Gasteiger partial charge in [-0.1, -0.05) is 18.1 Å². The second kappa shape index (κ2) is 5.29. The minimum absolute atomic E-state index is 0.0970. The van der Waals surface area contributed by atoms with Gasteiger partial charge >= 0.3 is 11.9 Å². The van der Waals surface area contributed by atoms with Gasteiger partial charge < -0.3 is 10.2 Å². The molecule has 0 aliphatic heterocycles. The molecule has 0 saturated carbocycles. The average Bonchev–Trinajstić information content (AvgIpc) is 2.46. The maximum atomic E-state index is 11.0. The molecule has 0 bridgehead atoms. The van der Waals surface area contributed by atoms with Crippen molar-refractivity contribution in [2.24, 2.45) is 0 Å². The molecule has 4 heteroatoms. The summed E-state index contributed by atoms with van der Waals surface area (Å²) in [5, 5.41) is 18.0. The van der Waals surface area contributed by atoms with E-state index >= 15 is 0 Å². The average molecular weight is 266 g/mol. The Morgan fingerprint density at radius 1 is 0.950 bits per heavy atom. The second-order valence-corrected chi connectivity index (χ2v) is 4.10. The fourth-order valence-corrected chi connectivity index (χ4v) is 1.86. The van der Waals surface area contributed by atoms with E-state index in [1.807, 2.05) is 0 Å². The van der Waals surface area contributed by atoms with Crippen LogP contribution in [0.25, 0.3) is 11.1 Å². The molecule has 0 amide bonds. The van der Waals surface area contributed by atoms with Gasteiger partial charge in [0.15, 0.2) is 0 Å². The van der Waals surface area contributed by atoms with E-state index in [9.17, 15) is 9.59 Å². The molecule has 2 rings (SSSR count). The number of carbonyl (C=O) groups is 2. The summed E-state index contributed by atoms with van der Waals surface area (Å²) in [7, 11) is 0. The zero-order chi connectivity index (χ0) is 14.7. The summed E-state index contributed by atoms with van der Waals surface area (Å²) in [6.07, 6.45) is 5.40. The zero-order valence-corrected chi connectivity index (χ0v) is 10.3. The number of hydrogen-bond acceptors (Lipinski definition) is 2. The quantitative estimate of drug-likeness (QED) is 0.838. The third kappa shape index (κ3) is 2.52. The Balaban J connectivity index is 2.64. The fourth-order valence-electron chi connectivity index (χ4n) is 1.86. The molecular weight excluding hydrogens is 256 g/mol. The molecule has 98 valence electrons. The van der Waals surface area contributed by atoms with Crippen molar-refractivity contribution in [2.75, 3.05) is 0 Å². The van der Waals surface area contributed by atoms with E-state index in [1.54, 1.807) is 12.1 Å². The molecule has 0 spiro atoms. The van der Waals surface area contributed by atoms with Crippen molar-refractivity contribution in [3.63, 3.8) is 0 Å². The number of rotatable bonds is 3. The molecule has 0 saturated heterocycles. The summed E-state index contributed by atoms with van der Waals surface area (Å²) >= 11 is 0. The summed E-state index contributed by atoms with van der Waals surface area (Å²) in [5.41, 5.74) is 1.82. The topological polar surface area (TPSA) is 74.6 Å². The van der Waals surface area contributed by atoms with Gasteiger partial charge in [0.1, 0.15) is 0 Å². The summed E-state index contributed by atoms with van der Waals surface area (Å²) < 4.78 is 0. The Hall–Kier alpha value is -3.06. The molecule has 2 aromatic carbocycles. The number of benzene rings is 2. The number of aromatic carboxylic acids is 2. The molecule has 0 aromatic heterocycles. The van der Waals surface area contributed by atoms with Crippen molar-refractivity contribution >= 4 is 11.9 Å². The smallest absolute Gasteiger partial charge is 0.335 e. The summed E-state index contributed by atoms with van der Waals surface area (Å²) in [6.45, 7) is 0. The highest BCUT2D eigenvalue weighted by Crippen LogP contribution is 2.25. The molecule has 0 aliphatic rings. The lowest BCUT2D eigenvalue weighted by molar-refractivity contribution is 0.0686. The molecule has 2 N–H and O–H groups in total. The second-order valence-electron chi connectivity index (χ2n) is 4.10. The van der Waals surface area contributed by atoms with Crippen LogP contribution in [0.15, 0.2) is 42.5 Å². The molecule has 0 heterocycles. The molecule has 2 aromatic rings. The van der Waals surface area contributed by atoms with E-state index < -0.39 is 11.9 Å². The van der Waals surface area contributed by atoms with E-state index in [0.29, 0.717) is 16.7 Å². The van der Waals surface area contributed by atoms with Crippen molar-refractivity contribution in [1.82, 2.24) is 0 Å². The predicted molar refractivity (Wildman–Crippen MR) is 73.7 cm³/mol. The Morgan fingerprint density at radius 2 is 1.60 bits per heavy atom. The van der Waals surface area contributed by atoms with Gasteiger partial charge in [0.2, 0.25) is 0 Å². The molecule has 0 fully saturated rings. The van der Waals surface area contributed by atoms with Crippen molar-refractivity contribution < 1.29 is 19.8 Å². The largest absolute Gasteiger partial charge is 0.478 e. The van der Waals surface area contributed by atoms with E-state index in [0.717, 1.165) is 0 Å². The van der Waals surface area contributed by atoms with Gasteiger partial charge in [0.05, 0.1) is 11.1 Å². The molecule has 20 heavy (non-hydrogen) atoms. The monoisotopic (exact) mass is 266 g/mol. The summed E-state index contributed by atoms with van der Waals surface area (Å²) in [4.78, 5) is 22.0. The molecular formula is C16H10O4. The van der Waals surface area contributed by atoms with Crippen LogP contribution in [0.1, 0.15) is 26.3 Å². The lowest BCUT2D eigenvalue weighted by Crippen LogP contribution is -1.99. The molecule has 4 nitrogen and oxygen atoms in total. The van der Waals surface area contributed by atoms with Crippen molar-refractivity contribution in [3.8, 4) is 23.5 Å². The molecule has 0 atom stereocenters. The van der Waals surface area contributed by atoms with Gasteiger partial charge in [-0.05, 0) is 41.5 Å². The van der Waals surface area contributed by atoms with Crippen LogP contribution in [0.5, 0.6) is 0 Å². The Morgan fingerprint density at radius 3 is 2.20 bits per heavy atom. The SMILES string of the molecule is C#Cc1ccc(C(=O)O)cc1-c1cccc(C(=O)O)c1. The fraction of sp³-hybridized carbons (Fsp3) is 0. The van der Waals surface area contributed by atoms with Crippen LogP contribution in [-0.4, -0.2) is 22.2 Å². The predicted octanol–water partition coefficient (Wildman–Crippen LogP) is 2.73. The zero-order valence-electron chi connectivity index (χ0n) is 10.3. The van der Waals surface area contributed by atoms with Crippen LogP contribution in [0.2, 0.25) is 0 Å². The van der Waals surface area contributed by atoms with Gasteiger partial charge in [-0.25, -0.2) is 9.59 Å². The minimum atomic E-state index is -1.07. The van der Waals surface area contributed by atoms with Crippen LogP contribution in [0.4, 0.5) is 0 Å². The van der Waals surface area contributed by atoms with Gasteiger partial charge in [0.25, 0.3) is 0 Å². The lowest BCUT2D eigenvalue weighted by atomic mass is 9.96. The van der Waals surface area contributed by atoms with Gasteiger partial charge in [-0.3, -0.25) is 0 Å². The first-order valence-corrected chi connectivity index (χ1v) is 5.70. The number of carboxylic acid groups (broad SMARTS) is 2. The van der Waals surface area contributed by atoms with Crippen molar-refractivity contribution in [3.05, 3.63) is 59.2 Å². The lowest BCUT2D eigenvalue weighted by Gasteiger charge is -2.07. The highest BCUT2D eigenvalue weighted by molar-refractivity contribution is 5.92. The van der Waals surface area contributed by atoms with Gasteiger partial charge in [-0.15, -0.1) is 6.42 Å². The molecule has 0 radical (unpaired) electrons. The van der Waals surface area contributed by atoms with E-state index in [2.05, 4.69) is 5.92 Å². The van der Waals surface area contributed by atoms with E-state index in [-0.39, 0.29) is 11.1 Å². The number of hydrogen-bond donors (Lipinski definition) is 2. The van der Waals surface area contributed by atoms with Crippen molar-refractivity contribution in [2.45, 2.75) is 0 Å². The van der Waals surface area contributed by atoms with Gasteiger partial charge in [-0.2, -0.15) is 0 Å². The van der Waals surface area contributed by atoms with E-state index in [1.165, 1.54) is 30.3 Å². The van der Waals surface area contributed by atoms with Crippen molar-refractivity contribution in [1.29, 1.82) is 0 Å². The molecule has 0 aliphatic carbocycles. The first-order valence-electron chi connectivity index (χ1n) is 5.70. The van der Waals surface area contributed by atoms with Crippen LogP contribution in [-0.2, 0) is 0 Å². The van der Waals surface area contributed by atoms with Crippen LogP contribution in [0, 0.1) is 12.3 Å². The number of terminal acetylenes is 1. The van der Waals surface area contributed by atoms with Crippen LogP contribution in [0.3, 0.4) is 0 Å². The maximum Gasteiger partial charge on any atom is 0.335 e. The highest BCUT2D eigenvalue weighted by atomic mass is 16.4. The standard InChI is InChI=1S/C16H10O4/c1-2-10-6-7-13(16(19)20)9-14(10)11-4-3-5-12(8-11)15(17)18/h1,3-9H,(H,17,18)(H,19,20). The molecule has 0 unspecified atom stereocenters. The summed E-state index contributed by atoms with van der Waals surface area (Å²) in [6, 6.07) is 10.6. The Labute approximate surface area is 115 Å². The Kier molecular flexibility index (Phi) is 3.54. The highest BCUT2D eigenvalue weighted by Gasteiger charge is 2.11. The summed E-state index contributed by atoms with van der Waals surface area (Å²) in [5.74, 6) is 0.351. The van der Waals surface area contributed by atoms with Gasteiger partial charge in [0, 0.05) is 5.56 Å². The maximum absolute atomic E-state index is 11.0. The van der Waals surface area contributed by atoms with E-state index in [4.69, 9.17) is 16.6 Å². The minimum Gasteiger partial charge on any atom is -0.478 e. The Bertz CT molecular complexity index is 738. The first kappa shape index (κ1) is 13.4. The van der Waals surface area contributed by atoms with Crippen LogP contribution >= 0.6 is 0 Å².